The molecule has 0 amide bonds. The Hall–Kier alpha value is -1.36. The molecule has 3 heteroatoms. The average molecular weight is 420 g/mol. The summed E-state index contributed by atoms with van der Waals surface area (Å²) in [4.78, 5) is 7.74. The van der Waals surface area contributed by atoms with Gasteiger partial charge in [0.25, 0.3) is 0 Å². The van der Waals surface area contributed by atoms with Crippen molar-refractivity contribution >= 4 is 33.6 Å². The highest BCUT2D eigenvalue weighted by atomic mass is 127. The van der Waals surface area contributed by atoms with Gasteiger partial charge in [-0.25, -0.2) is 4.98 Å². The summed E-state index contributed by atoms with van der Waals surface area (Å²) in [6, 6.07) is 10.3. The molecule has 0 atom stereocenters. The lowest BCUT2D eigenvalue weighted by Crippen LogP contribution is -1.93. The summed E-state index contributed by atoms with van der Waals surface area (Å²) >= 11 is 2.39. The molecule has 122 valence electrons. The minimum Gasteiger partial charge on any atom is -0.342 e. The highest BCUT2D eigenvalue weighted by Gasteiger charge is 2.04. The zero-order chi connectivity index (χ0) is 17.1. The second-order valence-electron chi connectivity index (χ2n) is 6.34. The van der Waals surface area contributed by atoms with Gasteiger partial charge in [0.05, 0.1) is 11.0 Å². The molecule has 2 nitrogen and oxygen atoms in total. The van der Waals surface area contributed by atoms with Crippen molar-refractivity contribution in [3.05, 3.63) is 62.0 Å². The van der Waals surface area contributed by atoms with E-state index >= 15 is 0 Å². The number of imidazole rings is 1. The van der Waals surface area contributed by atoms with E-state index in [1.807, 2.05) is 24.3 Å². The molecule has 0 aliphatic carbocycles. The smallest absolute Gasteiger partial charge is 0.109 e. The fourth-order valence-corrected chi connectivity index (χ4v) is 3.28. The third-order valence-corrected chi connectivity index (χ3v) is 5.49. The largest absolute Gasteiger partial charge is 0.342 e. The van der Waals surface area contributed by atoms with Crippen LogP contribution in [0, 0.1) is 31.3 Å². The summed E-state index contributed by atoms with van der Waals surface area (Å²) in [6.07, 6.45) is 0. The van der Waals surface area contributed by atoms with Gasteiger partial charge in [-0.05, 0) is 90.7 Å². The van der Waals surface area contributed by atoms with Gasteiger partial charge >= 0.3 is 0 Å². The van der Waals surface area contributed by atoms with Crippen LogP contribution in [-0.4, -0.2) is 9.97 Å². The molecule has 0 aliphatic rings. The molecule has 0 saturated carbocycles. The molecule has 0 unspecified atom stereocenters. The first-order chi connectivity index (χ1) is 10.8. The van der Waals surface area contributed by atoms with Crippen molar-refractivity contribution in [3.8, 4) is 0 Å². The number of para-hydroxylation sites is 2. The third-order valence-electron chi connectivity index (χ3n) is 4.37. The lowest BCUT2D eigenvalue weighted by molar-refractivity contribution is 0.799. The number of nitrogens with zero attached hydrogens (tertiary/aromatic N) is 1. The Labute approximate surface area is 152 Å². The molecule has 0 spiro atoms. The van der Waals surface area contributed by atoms with Crippen molar-refractivity contribution < 1.29 is 0 Å². The molecule has 0 saturated heterocycles. The van der Waals surface area contributed by atoms with E-state index in [0.717, 1.165) is 16.9 Å². The second kappa shape index (κ2) is 7.47. The molecule has 2 aromatic carbocycles. The third kappa shape index (κ3) is 4.14. The summed E-state index contributed by atoms with van der Waals surface area (Å²) < 4.78 is 1.38. The van der Waals surface area contributed by atoms with Gasteiger partial charge in [0.15, 0.2) is 0 Å². The van der Waals surface area contributed by atoms with Gasteiger partial charge in [-0.15, -0.1) is 0 Å². The average Bonchev–Trinajstić information content (AvgIpc) is 2.96. The van der Waals surface area contributed by atoms with Gasteiger partial charge in [0.1, 0.15) is 5.82 Å². The number of H-pyrrole nitrogens is 1. The van der Waals surface area contributed by atoms with E-state index in [-0.39, 0.29) is 0 Å². The van der Waals surface area contributed by atoms with Gasteiger partial charge in [-0.1, -0.05) is 26.0 Å². The van der Waals surface area contributed by atoms with E-state index in [0.29, 0.717) is 5.92 Å². The number of rotatable bonds is 1. The highest BCUT2D eigenvalue weighted by molar-refractivity contribution is 14.1. The number of hydrogen-bond acceptors (Lipinski definition) is 1. The SMILES string of the molecule is CC(C)c1nc2ccccc2[nH]1.Cc1cc(I)c(C)c(C)c1C. The molecule has 3 rings (SSSR count). The monoisotopic (exact) mass is 420 g/mol. The fraction of sp³-hybridized carbons (Fsp3) is 0.350. The van der Waals surface area contributed by atoms with Gasteiger partial charge < -0.3 is 4.98 Å². The number of aromatic amines is 1. The minimum absolute atomic E-state index is 0.470. The van der Waals surface area contributed by atoms with Gasteiger partial charge in [-0.2, -0.15) is 0 Å². The van der Waals surface area contributed by atoms with Crippen LogP contribution in [0.25, 0.3) is 11.0 Å². The van der Waals surface area contributed by atoms with E-state index in [1.165, 1.54) is 25.8 Å². The van der Waals surface area contributed by atoms with Crippen molar-refractivity contribution in [1.82, 2.24) is 9.97 Å². The summed E-state index contributed by atoms with van der Waals surface area (Å²) in [6.45, 7) is 13.0. The molecule has 1 aromatic heterocycles. The van der Waals surface area contributed by atoms with Crippen molar-refractivity contribution in [2.24, 2.45) is 0 Å². The second-order valence-corrected chi connectivity index (χ2v) is 7.51. The number of hydrogen-bond donors (Lipinski definition) is 1. The predicted molar refractivity (Wildman–Crippen MR) is 108 cm³/mol. The zero-order valence-corrected chi connectivity index (χ0v) is 16.9. The minimum atomic E-state index is 0.470. The lowest BCUT2D eigenvalue weighted by atomic mass is 10.0. The maximum absolute atomic E-state index is 4.46. The van der Waals surface area contributed by atoms with E-state index in [4.69, 9.17) is 0 Å². The summed E-state index contributed by atoms with van der Waals surface area (Å²) in [5.41, 5.74) is 7.88. The van der Waals surface area contributed by atoms with E-state index < -0.39 is 0 Å². The van der Waals surface area contributed by atoms with Gasteiger partial charge in [-0.3, -0.25) is 0 Å². The standard InChI is InChI=1S/C10H13I.C10H12N2/c1-6-5-10(11)9(4)8(3)7(6)2;1-7(2)10-11-8-5-3-4-6-9(8)12-10/h5H,1-4H3;3-7H,1-2H3,(H,11,12). The quantitative estimate of drug-likeness (QED) is 0.466. The maximum Gasteiger partial charge on any atom is 0.109 e. The number of aromatic nitrogens is 2. The van der Waals surface area contributed by atoms with Crippen LogP contribution in [0.15, 0.2) is 30.3 Å². The number of aryl methyl sites for hydroxylation is 1. The number of nitrogens with one attached hydrogen (secondary N) is 1. The summed E-state index contributed by atoms with van der Waals surface area (Å²) in [5, 5.41) is 0. The van der Waals surface area contributed by atoms with Crippen molar-refractivity contribution in [3.63, 3.8) is 0 Å². The molecule has 3 aromatic rings. The van der Waals surface area contributed by atoms with Crippen LogP contribution in [0.1, 0.15) is 47.8 Å². The first kappa shape index (κ1) is 18.0. The maximum atomic E-state index is 4.46. The van der Waals surface area contributed by atoms with Crippen molar-refractivity contribution in [1.29, 1.82) is 0 Å². The number of benzene rings is 2. The predicted octanol–water partition coefficient (Wildman–Crippen LogP) is 6.21. The first-order valence-corrected chi connectivity index (χ1v) is 9.06. The van der Waals surface area contributed by atoms with Crippen molar-refractivity contribution in [2.75, 3.05) is 0 Å². The molecule has 1 heterocycles. The summed E-state index contributed by atoms with van der Waals surface area (Å²) in [7, 11) is 0. The van der Waals surface area contributed by atoms with Crippen LogP contribution in [0.3, 0.4) is 0 Å². The number of halogens is 1. The van der Waals surface area contributed by atoms with E-state index in [9.17, 15) is 0 Å². The highest BCUT2D eigenvalue weighted by Crippen LogP contribution is 2.22. The molecular formula is C20H25IN2. The molecule has 0 aliphatic heterocycles. The number of fused-ring (bicyclic) bond motifs is 1. The van der Waals surface area contributed by atoms with E-state index in [1.54, 1.807) is 0 Å². The van der Waals surface area contributed by atoms with Crippen LogP contribution in [-0.2, 0) is 0 Å². The lowest BCUT2D eigenvalue weighted by Gasteiger charge is -2.09. The molecule has 0 fully saturated rings. The Kier molecular flexibility index (Phi) is 5.84. The van der Waals surface area contributed by atoms with E-state index in [2.05, 4.69) is 80.2 Å². The van der Waals surface area contributed by atoms with Crippen LogP contribution in [0.4, 0.5) is 0 Å². The molecule has 1 N–H and O–H groups in total. The molecule has 0 bridgehead atoms. The van der Waals surface area contributed by atoms with Gasteiger partial charge in [0.2, 0.25) is 0 Å². The Morgan fingerprint density at radius 3 is 2.22 bits per heavy atom. The summed E-state index contributed by atoms with van der Waals surface area (Å²) in [5.74, 6) is 1.54. The van der Waals surface area contributed by atoms with Crippen molar-refractivity contribution in [2.45, 2.75) is 47.5 Å². The zero-order valence-electron chi connectivity index (χ0n) is 14.8. The van der Waals surface area contributed by atoms with Crippen LogP contribution < -0.4 is 0 Å². The Morgan fingerprint density at radius 2 is 1.61 bits per heavy atom. The Morgan fingerprint density at radius 1 is 0.957 bits per heavy atom. The van der Waals surface area contributed by atoms with Crippen LogP contribution in [0.5, 0.6) is 0 Å². The molecule has 0 radical (unpaired) electrons. The van der Waals surface area contributed by atoms with Gasteiger partial charge in [0, 0.05) is 9.49 Å². The Bertz CT molecular complexity index is 757. The Balaban J connectivity index is 0.000000168. The topological polar surface area (TPSA) is 28.7 Å². The van der Waals surface area contributed by atoms with Crippen LogP contribution >= 0.6 is 22.6 Å². The normalized spacial score (nSPS) is 10.8. The first-order valence-electron chi connectivity index (χ1n) is 7.98. The molecular weight excluding hydrogens is 395 g/mol. The van der Waals surface area contributed by atoms with Crippen LogP contribution in [0.2, 0.25) is 0 Å². The molecule has 23 heavy (non-hydrogen) atoms. The fourth-order valence-electron chi connectivity index (χ4n) is 2.41.